The van der Waals surface area contributed by atoms with Crippen LogP contribution in [0.25, 0.3) is 0 Å². The molecule has 2 aromatic rings. The van der Waals surface area contributed by atoms with Gasteiger partial charge < -0.3 is 10.0 Å². The van der Waals surface area contributed by atoms with E-state index in [1.54, 1.807) is 0 Å². The lowest BCUT2D eigenvalue weighted by molar-refractivity contribution is -0.133. The number of rotatable bonds is 3. The summed E-state index contributed by atoms with van der Waals surface area (Å²) in [5.74, 6) is 0.300. The highest BCUT2D eigenvalue weighted by Crippen LogP contribution is 2.46. The number of carbonyl (C=O) groups is 1. The fourth-order valence-corrected chi connectivity index (χ4v) is 5.19. The first kappa shape index (κ1) is 17.2. The van der Waals surface area contributed by atoms with Gasteiger partial charge in [0, 0.05) is 29.3 Å². The number of thiophene rings is 1. The van der Waals surface area contributed by atoms with Gasteiger partial charge >= 0.3 is 0 Å². The van der Waals surface area contributed by atoms with Crippen molar-refractivity contribution in [1.82, 2.24) is 4.90 Å². The van der Waals surface area contributed by atoms with E-state index in [0.29, 0.717) is 24.4 Å². The molecule has 1 N–H and O–H groups in total. The number of aryl methyl sites for hydroxylation is 1. The Morgan fingerprint density at radius 3 is 2.71 bits per heavy atom. The summed E-state index contributed by atoms with van der Waals surface area (Å²) in [4.78, 5) is 18.0. The third kappa shape index (κ3) is 3.13. The minimum atomic E-state index is 0.300. The summed E-state index contributed by atoms with van der Waals surface area (Å²) in [6.07, 6.45) is 5.00. The van der Waals surface area contributed by atoms with Crippen molar-refractivity contribution in [2.75, 3.05) is 7.11 Å². The van der Waals surface area contributed by atoms with Gasteiger partial charge in [0.05, 0.1) is 12.5 Å². The van der Waals surface area contributed by atoms with Crippen LogP contribution in [0.4, 0.5) is 0 Å². The number of aliphatic hydroxyl groups is 1. The summed E-state index contributed by atoms with van der Waals surface area (Å²) in [7, 11) is 1.00. The van der Waals surface area contributed by atoms with E-state index in [1.165, 1.54) is 15.3 Å². The lowest BCUT2D eigenvalue weighted by Crippen LogP contribution is -2.42. The van der Waals surface area contributed by atoms with Crippen LogP contribution in [0.1, 0.15) is 46.7 Å². The fourth-order valence-electron chi connectivity index (χ4n) is 3.96. The molecular formula is C20H25NO2S. The van der Waals surface area contributed by atoms with Gasteiger partial charge in [0.25, 0.3) is 0 Å². The minimum absolute atomic E-state index is 0.300. The van der Waals surface area contributed by atoms with Crippen LogP contribution in [0.15, 0.2) is 36.4 Å². The van der Waals surface area contributed by atoms with Gasteiger partial charge in [0.15, 0.2) is 0 Å². The molecule has 0 radical (unpaired) electrons. The van der Waals surface area contributed by atoms with E-state index in [1.807, 2.05) is 29.5 Å². The maximum absolute atomic E-state index is 12.8. The Morgan fingerprint density at radius 2 is 2.00 bits per heavy atom. The molecule has 0 aliphatic carbocycles. The van der Waals surface area contributed by atoms with E-state index >= 15 is 0 Å². The molecule has 1 amide bonds. The Hall–Kier alpha value is -1.65. The third-order valence-electron chi connectivity index (χ3n) is 5.01. The van der Waals surface area contributed by atoms with Gasteiger partial charge in [-0.25, -0.2) is 0 Å². The van der Waals surface area contributed by atoms with Crippen LogP contribution >= 0.6 is 11.3 Å². The van der Waals surface area contributed by atoms with Crippen LogP contribution in [-0.4, -0.2) is 29.1 Å². The van der Waals surface area contributed by atoms with Gasteiger partial charge in [0.1, 0.15) is 0 Å². The second kappa shape index (κ2) is 7.49. The maximum Gasteiger partial charge on any atom is 0.227 e. The smallest absolute Gasteiger partial charge is 0.227 e. The van der Waals surface area contributed by atoms with Gasteiger partial charge in [-0.05, 0) is 36.5 Å². The van der Waals surface area contributed by atoms with Crippen molar-refractivity contribution >= 4 is 17.2 Å². The summed E-state index contributed by atoms with van der Waals surface area (Å²) in [5.41, 5.74) is 2.56. The normalized spacial score (nSPS) is 21.0. The van der Waals surface area contributed by atoms with Crippen LogP contribution in [0.3, 0.4) is 0 Å². The molecule has 0 spiro atoms. The number of benzene rings is 1. The van der Waals surface area contributed by atoms with Gasteiger partial charge in [-0.1, -0.05) is 37.3 Å². The molecule has 2 atom stereocenters. The molecule has 2 bridgehead atoms. The first-order chi connectivity index (χ1) is 11.8. The third-order valence-corrected chi connectivity index (χ3v) is 6.33. The van der Waals surface area contributed by atoms with Crippen molar-refractivity contribution < 1.29 is 9.90 Å². The zero-order valence-electron chi connectivity index (χ0n) is 14.4. The highest BCUT2D eigenvalue weighted by molar-refractivity contribution is 7.12. The molecule has 1 saturated heterocycles. The molecule has 1 fully saturated rings. The molecule has 4 rings (SSSR count). The Labute approximate surface area is 147 Å². The fraction of sp³-hybridized carbons (Fsp3) is 0.450. The van der Waals surface area contributed by atoms with Crippen molar-refractivity contribution in [3.63, 3.8) is 0 Å². The molecule has 1 aromatic carbocycles. The van der Waals surface area contributed by atoms with E-state index in [0.717, 1.165) is 38.4 Å². The quantitative estimate of drug-likeness (QED) is 0.922. The number of amides is 1. The van der Waals surface area contributed by atoms with Crippen molar-refractivity contribution in [3.05, 3.63) is 57.3 Å². The molecular weight excluding hydrogens is 318 g/mol. The molecule has 3 heterocycles. The first-order valence-corrected chi connectivity index (χ1v) is 9.49. The number of carbonyl (C=O) groups excluding carboxylic acids is 1. The van der Waals surface area contributed by atoms with Crippen LogP contribution in [0.5, 0.6) is 0 Å². The maximum atomic E-state index is 12.8. The van der Waals surface area contributed by atoms with Crippen molar-refractivity contribution in [3.8, 4) is 0 Å². The Bertz CT molecular complexity index is 695. The van der Waals surface area contributed by atoms with Crippen LogP contribution in [0, 0.1) is 0 Å². The van der Waals surface area contributed by atoms with Crippen molar-refractivity contribution in [2.45, 2.75) is 51.1 Å². The Kier molecular flexibility index (Phi) is 5.36. The molecule has 0 saturated carbocycles. The second-order valence-electron chi connectivity index (χ2n) is 6.36. The number of hydrogen-bond acceptors (Lipinski definition) is 3. The van der Waals surface area contributed by atoms with E-state index in [-0.39, 0.29) is 0 Å². The zero-order valence-corrected chi connectivity index (χ0v) is 15.2. The average Bonchev–Trinajstić information content (AvgIpc) is 3.19. The van der Waals surface area contributed by atoms with Gasteiger partial charge in [-0.3, -0.25) is 4.79 Å². The summed E-state index contributed by atoms with van der Waals surface area (Å²) in [6.45, 7) is 2.22. The van der Waals surface area contributed by atoms with E-state index in [2.05, 4.69) is 30.0 Å². The predicted molar refractivity (Wildman–Crippen MR) is 98.3 cm³/mol. The van der Waals surface area contributed by atoms with Gasteiger partial charge in [0.2, 0.25) is 5.91 Å². The molecule has 2 aliphatic heterocycles. The molecule has 24 heavy (non-hydrogen) atoms. The second-order valence-corrected chi connectivity index (χ2v) is 7.58. The van der Waals surface area contributed by atoms with Crippen LogP contribution < -0.4 is 0 Å². The van der Waals surface area contributed by atoms with Gasteiger partial charge in [-0.15, -0.1) is 11.3 Å². The average molecular weight is 343 g/mol. The zero-order chi connectivity index (χ0) is 17.1. The standard InChI is InChI=1S/C19H21NOS.CH4O/c1-2-15-12-16-17-9-8-14(11-18(16)22-15)20(17)19(21)10-13-6-4-3-5-7-13;1-2/h3-7,12,14,17H,2,8-11H2,1H3;2H,1H3. The summed E-state index contributed by atoms with van der Waals surface area (Å²) in [5, 5.41) is 7.00. The molecule has 128 valence electrons. The number of hydrogen-bond donors (Lipinski definition) is 1. The lowest BCUT2D eigenvalue weighted by atomic mass is 9.99. The lowest BCUT2D eigenvalue weighted by Gasteiger charge is -2.35. The van der Waals surface area contributed by atoms with Gasteiger partial charge in [-0.2, -0.15) is 0 Å². The van der Waals surface area contributed by atoms with Crippen LogP contribution in [-0.2, 0) is 24.1 Å². The molecule has 3 nitrogen and oxygen atoms in total. The molecule has 2 unspecified atom stereocenters. The summed E-state index contributed by atoms with van der Waals surface area (Å²) in [6, 6.07) is 13.2. The largest absolute Gasteiger partial charge is 0.400 e. The SMILES string of the molecule is CCc1cc2c(s1)CC1CCC2N1C(=O)Cc1ccccc1.CO. The van der Waals surface area contributed by atoms with Crippen molar-refractivity contribution in [1.29, 1.82) is 0 Å². The number of nitrogens with zero attached hydrogens (tertiary/aromatic N) is 1. The first-order valence-electron chi connectivity index (χ1n) is 8.67. The highest BCUT2D eigenvalue weighted by atomic mass is 32.1. The Balaban J connectivity index is 0.000000815. The number of aliphatic hydroxyl groups excluding tert-OH is 1. The van der Waals surface area contributed by atoms with Crippen molar-refractivity contribution in [2.24, 2.45) is 0 Å². The van der Waals surface area contributed by atoms with E-state index in [4.69, 9.17) is 5.11 Å². The van der Waals surface area contributed by atoms with E-state index < -0.39 is 0 Å². The summed E-state index contributed by atoms with van der Waals surface area (Å²) >= 11 is 1.96. The number of fused-ring (bicyclic) bond motifs is 4. The minimum Gasteiger partial charge on any atom is -0.400 e. The van der Waals surface area contributed by atoms with E-state index in [9.17, 15) is 4.79 Å². The molecule has 2 aliphatic rings. The Morgan fingerprint density at radius 1 is 1.25 bits per heavy atom. The van der Waals surface area contributed by atoms with Crippen LogP contribution in [0.2, 0.25) is 0 Å². The summed E-state index contributed by atoms with van der Waals surface area (Å²) < 4.78 is 0. The monoisotopic (exact) mass is 343 g/mol. The topological polar surface area (TPSA) is 40.5 Å². The molecule has 1 aromatic heterocycles. The molecule has 4 heteroatoms. The highest BCUT2D eigenvalue weighted by Gasteiger charge is 2.43. The predicted octanol–water partition coefficient (Wildman–Crippen LogP) is 3.75.